The second-order valence-corrected chi connectivity index (χ2v) is 12.0. The number of piperazine rings is 1. The molecule has 228 valence electrons. The number of carbonyl (C=O) groups is 1. The molecule has 6 rings (SSSR count). The van der Waals surface area contributed by atoms with Crippen LogP contribution >= 0.6 is 0 Å². The van der Waals surface area contributed by atoms with Gasteiger partial charge in [-0.1, -0.05) is 12.6 Å². The molecule has 0 radical (unpaired) electrons. The summed E-state index contributed by atoms with van der Waals surface area (Å²) in [7, 11) is 1.73. The van der Waals surface area contributed by atoms with Gasteiger partial charge in [-0.25, -0.2) is 0 Å². The summed E-state index contributed by atoms with van der Waals surface area (Å²) in [6, 6.07) is 9.26. The Bertz CT molecular complexity index is 1370. The third-order valence-electron chi connectivity index (χ3n) is 9.50. The molecule has 10 heteroatoms. The first-order valence-corrected chi connectivity index (χ1v) is 15.8. The van der Waals surface area contributed by atoms with E-state index in [0.717, 1.165) is 75.5 Å². The van der Waals surface area contributed by atoms with Gasteiger partial charge in [0.15, 0.2) is 0 Å². The van der Waals surface area contributed by atoms with Crippen molar-refractivity contribution in [2.75, 3.05) is 69.3 Å². The number of anilines is 2. The molecule has 2 aromatic rings. The fourth-order valence-corrected chi connectivity index (χ4v) is 7.24. The van der Waals surface area contributed by atoms with Crippen LogP contribution in [-0.2, 0) is 24.1 Å². The molecule has 0 spiro atoms. The number of aryl methyl sites for hydroxylation is 1. The fraction of sp³-hybridized carbons (Fsp3) is 0.576. The van der Waals surface area contributed by atoms with Crippen LogP contribution in [0.25, 0.3) is 0 Å². The molecule has 4 aliphatic rings. The van der Waals surface area contributed by atoms with Crippen molar-refractivity contribution in [2.24, 2.45) is 0 Å². The van der Waals surface area contributed by atoms with Crippen molar-refractivity contribution in [1.82, 2.24) is 19.8 Å². The van der Waals surface area contributed by atoms with Crippen LogP contribution in [0.1, 0.15) is 48.9 Å². The van der Waals surface area contributed by atoms with Crippen LogP contribution in [0.5, 0.6) is 11.8 Å². The van der Waals surface area contributed by atoms with Crippen LogP contribution in [0, 0.1) is 11.3 Å². The Balaban J connectivity index is 1.28. The predicted molar refractivity (Wildman–Crippen MR) is 166 cm³/mol. The number of carbonyl (C=O) groups excluding carboxylic acids is 1. The van der Waals surface area contributed by atoms with Gasteiger partial charge in [0.1, 0.15) is 18.2 Å². The predicted octanol–water partition coefficient (Wildman–Crippen LogP) is 3.39. The van der Waals surface area contributed by atoms with Crippen molar-refractivity contribution in [2.45, 2.75) is 63.5 Å². The zero-order chi connectivity index (χ0) is 29.8. The van der Waals surface area contributed by atoms with Crippen LogP contribution in [0.4, 0.5) is 11.5 Å². The van der Waals surface area contributed by atoms with E-state index in [-0.39, 0.29) is 18.4 Å². The highest BCUT2D eigenvalue weighted by Gasteiger charge is 2.35. The van der Waals surface area contributed by atoms with E-state index in [0.29, 0.717) is 38.3 Å². The summed E-state index contributed by atoms with van der Waals surface area (Å²) >= 11 is 0. The van der Waals surface area contributed by atoms with E-state index in [9.17, 15) is 10.1 Å². The minimum absolute atomic E-state index is 0.128. The molecular formula is C33H43N7O3. The van der Waals surface area contributed by atoms with E-state index in [4.69, 9.17) is 19.4 Å². The third-order valence-corrected chi connectivity index (χ3v) is 9.50. The highest BCUT2D eigenvalue weighted by Crippen LogP contribution is 2.38. The Morgan fingerprint density at radius 3 is 2.79 bits per heavy atom. The van der Waals surface area contributed by atoms with Crippen molar-refractivity contribution in [3.05, 3.63) is 47.7 Å². The number of fused-ring (bicyclic) bond motifs is 2. The number of hydrogen-bond acceptors (Lipinski definition) is 9. The van der Waals surface area contributed by atoms with Crippen molar-refractivity contribution >= 4 is 17.4 Å². The lowest BCUT2D eigenvalue weighted by atomic mass is 9.88. The lowest BCUT2D eigenvalue weighted by Gasteiger charge is -2.43. The van der Waals surface area contributed by atoms with Gasteiger partial charge in [0.05, 0.1) is 31.3 Å². The molecule has 2 saturated heterocycles. The maximum absolute atomic E-state index is 12.5. The highest BCUT2D eigenvalue weighted by atomic mass is 16.5. The van der Waals surface area contributed by atoms with Gasteiger partial charge in [0.2, 0.25) is 5.91 Å². The summed E-state index contributed by atoms with van der Waals surface area (Å²) in [4.78, 5) is 31.6. The van der Waals surface area contributed by atoms with Crippen LogP contribution < -0.4 is 19.3 Å². The average molecular weight is 586 g/mol. The molecule has 0 bridgehead atoms. The average Bonchev–Trinajstić information content (AvgIpc) is 3.57. The van der Waals surface area contributed by atoms with E-state index in [1.165, 1.54) is 35.7 Å². The maximum Gasteiger partial charge on any atom is 0.318 e. The molecule has 1 aromatic carbocycles. The number of rotatable bonds is 9. The summed E-state index contributed by atoms with van der Waals surface area (Å²) in [6.07, 6.45) is 9.02. The highest BCUT2D eigenvalue weighted by molar-refractivity contribution is 5.87. The van der Waals surface area contributed by atoms with Gasteiger partial charge in [-0.05, 0) is 69.3 Å². The number of benzene rings is 1. The quantitative estimate of drug-likeness (QED) is 0.410. The summed E-state index contributed by atoms with van der Waals surface area (Å²) < 4.78 is 11.8. The van der Waals surface area contributed by atoms with Crippen LogP contribution in [0.3, 0.4) is 0 Å². The largest absolute Gasteiger partial charge is 0.497 e. The Labute approximate surface area is 254 Å². The lowest BCUT2D eigenvalue weighted by Crippen LogP contribution is -2.55. The van der Waals surface area contributed by atoms with Crippen molar-refractivity contribution in [3.63, 3.8) is 0 Å². The van der Waals surface area contributed by atoms with E-state index in [1.807, 2.05) is 0 Å². The summed E-state index contributed by atoms with van der Waals surface area (Å²) in [5, 5.41) is 9.53. The molecule has 3 aliphatic heterocycles. The number of amides is 1. The number of nitrogens with zero attached hydrogens (tertiary/aromatic N) is 7. The van der Waals surface area contributed by atoms with E-state index in [1.54, 1.807) is 12.0 Å². The van der Waals surface area contributed by atoms with Crippen molar-refractivity contribution < 1.29 is 14.3 Å². The summed E-state index contributed by atoms with van der Waals surface area (Å²) in [6.45, 7) is 10.1. The van der Waals surface area contributed by atoms with Gasteiger partial charge >= 0.3 is 6.01 Å². The van der Waals surface area contributed by atoms with Crippen LogP contribution in [0.15, 0.2) is 30.9 Å². The number of hydrogen-bond donors (Lipinski definition) is 0. The molecule has 1 aliphatic carbocycles. The second-order valence-electron chi connectivity index (χ2n) is 12.0. The standard InChI is InChI=1S/C33H43N7O3/c1-3-31(41)40-18-17-38(23-26(40)12-13-34)32-28-11-9-25(39-16-6-7-24-8-10-27(42-2)22-30(24)39)21-29(28)35-33(36-32)43-20-19-37-14-4-5-15-37/h3,8,10,22,25-26H,1,4-7,9,11-12,14-21,23H2,2H3. The van der Waals surface area contributed by atoms with Crippen molar-refractivity contribution in [1.29, 1.82) is 5.26 Å². The monoisotopic (exact) mass is 585 g/mol. The first-order chi connectivity index (χ1) is 21.1. The normalized spacial score (nSPS) is 22.0. The molecule has 2 atom stereocenters. The Morgan fingerprint density at radius 2 is 2.00 bits per heavy atom. The maximum atomic E-state index is 12.5. The van der Waals surface area contributed by atoms with Crippen LogP contribution in [0.2, 0.25) is 0 Å². The van der Waals surface area contributed by atoms with Gasteiger partial charge < -0.3 is 24.2 Å². The molecule has 1 aromatic heterocycles. The zero-order valence-corrected chi connectivity index (χ0v) is 25.3. The molecular weight excluding hydrogens is 542 g/mol. The fourth-order valence-electron chi connectivity index (χ4n) is 7.24. The Hall–Kier alpha value is -3.84. The topological polar surface area (TPSA) is 98.1 Å². The van der Waals surface area contributed by atoms with Gasteiger partial charge in [-0.15, -0.1) is 0 Å². The van der Waals surface area contributed by atoms with E-state index < -0.39 is 0 Å². The minimum atomic E-state index is -0.217. The second kappa shape index (κ2) is 13.2. The third kappa shape index (κ3) is 6.28. The van der Waals surface area contributed by atoms with Crippen molar-refractivity contribution in [3.8, 4) is 17.8 Å². The smallest absolute Gasteiger partial charge is 0.318 e. The zero-order valence-electron chi connectivity index (χ0n) is 25.3. The number of methoxy groups -OCH3 is 1. The lowest BCUT2D eigenvalue weighted by molar-refractivity contribution is -0.128. The number of likely N-dealkylation sites (tertiary alicyclic amines) is 1. The first-order valence-electron chi connectivity index (χ1n) is 15.8. The van der Waals surface area contributed by atoms with Gasteiger partial charge in [-0.3, -0.25) is 9.69 Å². The van der Waals surface area contributed by atoms with Gasteiger partial charge in [0.25, 0.3) is 0 Å². The molecule has 2 fully saturated rings. The Kier molecular flexibility index (Phi) is 8.98. The minimum Gasteiger partial charge on any atom is -0.497 e. The SMILES string of the molecule is C=CC(=O)N1CCN(c2nc(OCCN3CCCC3)nc3c2CCC(N2CCCc4ccc(OC)cc42)C3)CC1CC#N. The van der Waals surface area contributed by atoms with E-state index >= 15 is 0 Å². The van der Waals surface area contributed by atoms with Gasteiger partial charge in [0, 0.05) is 62.5 Å². The first kappa shape index (κ1) is 29.2. The number of ether oxygens (including phenoxy) is 2. The molecule has 10 nitrogen and oxygen atoms in total. The molecule has 1 amide bonds. The number of aromatic nitrogens is 2. The molecule has 0 N–H and O–H groups in total. The van der Waals surface area contributed by atoms with E-state index in [2.05, 4.69) is 45.5 Å². The van der Waals surface area contributed by atoms with Crippen LogP contribution in [-0.4, -0.2) is 97.3 Å². The molecule has 4 heterocycles. The summed E-state index contributed by atoms with van der Waals surface area (Å²) in [5.41, 5.74) is 4.87. The van der Waals surface area contributed by atoms with Gasteiger partial charge in [-0.2, -0.15) is 15.2 Å². The summed E-state index contributed by atoms with van der Waals surface area (Å²) in [5.74, 6) is 1.66. The molecule has 43 heavy (non-hydrogen) atoms. The molecule has 2 unspecified atom stereocenters. The number of nitriles is 1. The Morgan fingerprint density at radius 1 is 1.14 bits per heavy atom. The molecule has 0 saturated carbocycles.